The van der Waals surface area contributed by atoms with Crippen molar-refractivity contribution in [1.82, 2.24) is 0 Å². The number of halogens is 3. The summed E-state index contributed by atoms with van der Waals surface area (Å²) in [6.07, 6.45) is -2.40. The van der Waals surface area contributed by atoms with Crippen LogP contribution in [0.1, 0.15) is 36.6 Å². The molecular weight excluding hydrogens is 247 g/mol. The lowest BCUT2D eigenvalue weighted by atomic mass is 9.78. The first-order chi connectivity index (χ1) is 7.98. The second-order valence-corrected chi connectivity index (χ2v) is 5.67. The third kappa shape index (κ3) is 3.01. The summed E-state index contributed by atoms with van der Waals surface area (Å²) in [5.41, 5.74) is 6.10. The lowest BCUT2D eigenvalue weighted by Gasteiger charge is -2.32. The molecule has 0 spiro atoms. The van der Waals surface area contributed by atoms with E-state index in [1.807, 2.05) is 17.5 Å². The Morgan fingerprint density at radius 3 is 2.35 bits per heavy atom. The van der Waals surface area contributed by atoms with Gasteiger partial charge in [-0.15, -0.1) is 11.3 Å². The van der Waals surface area contributed by atoms with Crippen LogP contribution in [0.4, 0.5) is 13.2 Å². The number of hydrogen-bond donors (Lipinski definition) is 1. The average Bonchev–Trinajstić information content (AvgIpc) is 2.80. The molecule has 1 saturated carbocycles. The van der Waals surface area contributed by atoms with Crippen LogP contribution >= 0.6 is 11.3 Å². The molecule has 1 aliphatic carbocycles. The van der Waals surface area contributed by atoms with Crippen LogP contribution in [-0.4, -0.2) is 6.18 Å². The number of alkyl halides is 3. The Bertz CT molecular complexity index is 339. The quantitative estimate of drug-likeness (QED) is 0.853. The Balaban J connectivity index is 1.91. The zero-order valence-corrected chi connectivity index (χ0v) is 10.2. The fraction of sp³-hybridized carbons (Fsp3) is 0.667. The minimum Gasteiger partial charge on any atom is -0.323 e. The highest BCUT2D eigenvalue weighted by molar-refractivity contribution is 7.10. The van der Waals surface area contributed by atoms with Crippen molar-refractivity contribution in [3.63, 3.8) is 0 Å². The molecule has 5 heteroatoms. The minimum atomic E-state index is -4.03. The first kappa shape index (κ1) is 12.9. The van der Waals surface area contributed by atoms with Gasteiger partial charge in [-0.3, -0.25) is 0 Å². The standard InChI is InChI=1S/C12H16F3NS/c13-12(14,15)9-5-3-8(4-6-9)11(16)10-2-1-7-17-10/h1-2,7-9,11H,3-6,16H2. The summed E-state index contributed by atoms with van der Waals surface area (Å²) in [6.45, 7) is 0. The maximum Gasteiger partial charge on any atom is 0.391 e. The number of nitrogens with two attached hydrogens (primary N) is 1. The summed E-state index contributed by atoms with van der Waals surface area (Å²) >= 11 is 1.58. The van der Waals surface area contributed by atoms with E-state index in [0.717, 1.165) is 4.88 Å². The van der Waals surface area contributed by atoms with E-state index >= 15 is 0 Å². The largest absolute Gasteiger partial charge is 0.391 e. The van der Waals surface area contributed by atoms with Gasteiger partial charge in [0.2, 0.25) is 0 Å². The molecule has 2 rings (SSSR count). The van der Waals surface area contributed by atoms with Gasteiger partial charge >= 0.3 is 6.18 Å². The molecule has 0 amide bonds. The van der Waals surface area contributed by atoms with E-state index < -0.39 is 12.1 Å². The molecule has 96 valence electrons. The third-order valence-electron chi connectivity index (χ3n) is 3.61. The van der Waals surface area contributed by atoms with Crippen LogP contribution in [0.25, 0.3) is 0 Å². The van der Waals surface area contributed by atoms with E-state index in [4.69, 9.17) is 5.73 Å². The summed E-state index contributed by atoms with van der Waals surface area (Å²) in [7, 11) is 0. The Morgan fingerprint density at radius 2 is 1.88 bits per heavy atom. The summed E-state index contributed by atoms with van der Waals surface area (Å²) in [5.74, 6) is -0.915. The van der Waals surface area contributed by atoms with Gasteiger partial charge in [-0.25, -0.2) is 0 Å². The third-order valence-corrected chi connectivity index (χ3v) is 4.59. The molecule has 1 fully saturated rings. The first-order valence-corrected chi connectivity index (χ1v) is 6.72. The monoisotopic (exact) mass is 263 g/mol. The second kappa shape index (κ2) is 4.98. The molecule has 1 nitrogen and oxygen atoms in total. The van der Waals surface area contributed by atoms with Crippen LogP contribution in [0, 0.1) is 11.8 Å². The summed E-state index contributed by atoms with van der Waals surface area (Å²) in [5, 5.41) is 1.95. The molecule has 1 aromatic heterocycles. The SMILES string of the molecule is NC(c1cccs1)C1CCC(C(F)(F)F)CC1. The van der Waals surface area contributed by atoms with E-state index in [0.29, 0.717) is 12.8 Å². The molecule has 1 heterocycles. The molecule has 0 saturated heterocycles. The van der Waals surface area contributed by atoms with Gasteiger partial charge in [0.25, 0.3) is 0 Å². The predicted octanol–water partition coefficient (Wildman–Crippen LogP) is 4.12. The number of thiophene rings is 1. The zero-order chi connectivity index (χ0) is 12.5. The van der Waals surface area contributed by atoms with E-state index in [2.05, 4.69) is 0 Å². The van der Waals surface area contributed by atoms with Crippen molar-refractivity contribution in [2.75, 3.05) is 0 Å². The number of rotatable bonds is 2. The highest BCUT2D eigenvalue weighted by Crippen LogP contribution is 2.42. The van der Waals surface area contributed by atoms with Gasteiger partial charge in [-0.1, -0.05) is 6.07 Å². The molecule has 17 heavy (non-hydrogen) atoms. The maximum atomic E-state index is 12.5. The van der Waals surface area contributed by atoms with Crippen LogP contribution in [0.5, 0.6) is 0 Å². The van der Waals surface area contributed by atoms with Crippen molar-refractivity contribution < 1.29 is 13.2 Å². The number of hydrogen-bond acceptors (Lipinski definition) is 2. The van der Waals surface area contributed by atoms with Gasteiger partial charge in [-0.05, 0) is 43.0 Å². The molecule has 0 aliphatic heterocycles. The Kier molecular flexibility index (Phi) is 3.78. The van der Waals surface area contributed by atoms with Gasteiger partial charge in [0, 0.05) is 10.9 Å². The lowest BCUT2D eigenvalue weighted by molar-refractivity contribution is -0.184. The van der Waals surface area contributed by atoms with Gasteiger partial charge in [0.05, 0.1) is 5.92 Å². The summed E-state index contributed by atoms with van der Waals surface area (Å²) in [6, 6.07) is 3.80. The van der Waals surface area contributed by atoms with Gasteiger partial charge < -0.3 is 5.73 Å². The van der Waals surface area contributed by atoms with Crippen molar-refractivity contribution in [2.24, 2.45) is 17.6 Å². The van der Waals surface area contributed by atoms with Crippen LogP contribution in [-0.2, 0) is 0 Å². The van der Waals surface area contributed by atoms with Crippen molar-refractivity contribution in [1.29, 1.82) is 0 Å². The van der Waals surface area contributed by atoms with Crippen molar-refractivity contribution >= 4 is 11.3 Å². The Hall–Kier alpha value is -0.550. The fourth-order valence-electron chi connectivity index (χ4n) is 2.52. The van der Waals surface area contributed by atoms with Crippen molar-refractivity contribution in [3.05, 3.63) is 22.4 Å². The molecule has 0 aromatic carbocycles. The minimum absolute atomic E-state index is 0.0933. The molecule has 0 bridgehead atoms. The fourth-order valence-corrected chi connectivity index (χ4v) is 3.34. The Morgan fingerprint density at radius 1 is 1.24 bits per heavy atom. The Labute approximate surface area is 103 Å². The summed E-state index contributed by atoms with van der Waals surface area (Å²) < 4.78 is 37.5. The predicted molar refractivity (Wildman–Crippen MR) is 62.8 cm³/mol. The van der Waals surface area contributed by atoms with Gasteiger partial charge in [0.15, 0.2) is 0 Å². The topological polar surface area (TPSA) is 26.0 Å². The molecule has 2 N–H and O–H groups in total. The first-order valence-electron chi connectivity index (χ1n) is 5.84. The molecule has 1 aliphatic rings. The molecule has 1 aromatic rings. The van der Waals surface area contributed by atoms with Crippen LogP contribution < -0.4 is 5.73 Å². The molecule has 1 unspecified atom stereocenters. The molecule has 0 radical (unpaired) electrons. The maximum absolute atomic E-state index is 12.5. The molecule has 1 atom stereocenters. The van der Waals surface area contributed by atoms with Gasteiger partial charge in [-0.2, -0.15) is 13.2 Å². The van der Waals surface area contributed by atoms with E-state index in [9.17, 15) is 13.2 Å². The van der Waals surface area contributed by atoms with E-state index in [-0.39, 0.29) is 24.8 Å². The highest BCUT2D eigenvalue weighted by Gasteiger charge is 2.42. The van der Waals surface area contributed by atoms with Crippen molar-refractivity contribution in [2.45, 2.75) is 37.9 Å². The lowest BCUT2D eigenvalue weighted by Crippen LogP contribution is -2.31. The van der Waals surface area contributed by atoms with Crippen molar-refractivity contribution in [3.8, 4) is 0 Å². The molecular formula is C12H16F3NS. The zero-order valence-electron chi connectivity index (χ0n) is 9.41. The van der Waals surface area contributed by atoms with Gasteiger partial charge in [0.1, 0.15) is 0 Å². The van der Waals surface area contributed by atoms with Crippen LogP contribution in [0.15, 0.2) is 17.5 Å². The van der Waals surface area contributed by atoms with Crippen LogP contribution in [0.2, 0.25) is 0 Å². The average molecular weight is 263 g/mol. The van der Waals surface area contributed by atoms with E-state index in [1.165, 1.54) is 0 Å². The summed E-state index contributed by atoms with van der Waals surface area (Å²) in [4.78, 5) is 1.08. The van der Waals surface area contributed by atoms with E-state index in [1.54, 1.807) is 11.3 Å². The highest BCUT2D eigenvalue weighted by atomic mass is 32.1. The smallest absolute Gasteiger partial charge is 0.323 e. The van der Waals surface area contributed by atoms with Crippen LogP contribution in [0.3, 0.4) is 0 Å². The second-order valence-electron chi connectivity index (χ2n) is 4.69. The normalized spacial score (nSPS) is 28.0.